The molecular weight excluding hydrogens is 292 g/mol. The predicted octanol–water partition coefficient (Wildman–Crippen LogP) is 2.39. The molecule has 2 radical (unpaired) electrons. The third-order valence-corrected chi connectivity index (χ3v) is 5.00. The van der Waals surface area contributed by atoms with E-state index in [1.54, 1.807) is 0 Å². The van der Waals surface area contributed by atoms with Gasteiger partial charge in [-0.15, -0.1) is 12.4 Å². The Morgan fingerprint density at radius 3 is 2.38 bits per heavy atom. The van der Waals surface area contributed by atoms with Crippen LogP contribution in [0.3, 0.4) is 0 Å². The molecular formula is C9H22ClNOSn. The zero-order valence-corrected chi connectivity index (χ0v) is 12.5. The van der Waals surface area contributed by atoms with Crippen LogP contribution in [-0.4, -0.2) is 34.2 Å². The van der Waals surface area contributed by atoms with E-state index in [2.05, 4.69) is 20.8 Å². The summed E-state index contributed by atoms with van der Waals surface area (Å²) in [5.41, 5.74) is 5.66. The van der Waals surface area contributed by atoms with Crippen LogP contribution >= 0.6 is 12.4 Å². The minimum absolute atomic E-state index is 0. The molecule has 0 aliphatic carbocycles. The van der Waals surface area contributed by atoms with Gasteiger partial charge in [-0.2, -0.15) is 0 Å². The predicted molar refractivity (Wildman–Crippen MR) is 61.6 cm³/mol. The van der Waals surface area contributed by atoms with Crippen LogP contribution in [0.2, 0.25) is 3.93 Å². The molecule has 0 aliphatic heterocycles. The third-order valence-electron chi connectivity index (χ3n) is 1.73. The van der Waals surface area contributed by atoms with Crippen LogP contribution in [0.15, 0.2) is 0 Å². The molecule has 0 fully saturated rings. The summed E-state index contributed by atoms with van der Waals surface area (Å²) in [5.74, 6) is 0. The summed E-state index contributed by atoms with van der Waals surface area (Å²) >= 11 is -0.507. The summed E-state index contributed by atoms with van der Waals surface area (Å²) < 4.78 is 6.35. The molecule has 0 amide bonds. The number of halogens is 1. The Labute approximate surface area is 99.2 Å². The molecule has 0 saturated heterocycles. The fraction of sp³-hybridized carbons (Fsp3) is 1.00. The van der Waals surface area contributed by atoms with E-state index in [9.17, 15) is 0 Å². The first-order valence-corrected chi connectivity index (χ1v) is 7.61. The van der Waals surface area contributed by atoms with Crippen molar-refractivity contribution in [2.75, 3.05) is 6.61 Å². The Hall–Kier alpha value is 1.01. The van der Waals surface area contributed by atoms with E-state index in [1.165, 1.54) is 12.8 Å². The van der Waals surface area contributed by atoms with Crippen LogP contribution in [-0.2, 0) is 3.07 Å². The molecule has 2 unspecified atom stereocenters. The van der Waals surface area contributed by atoms with Crippen LogP contribution in [0.5, 0.6) is 0 Å². The molecule has 0 spiro atoms. The number of nitrogens with two attached hydrogens (primary N) is 1. The van der Waals surface area contributed by atoms with E-state index in [0.29, 0.717) is 6.04 Å². The Morgan fingerprint density at radius 1 is 1.31 bits per heavy atom. The second-order valence-corrected chi connectivity index (χ2v) is 7.67. The molecule has 2 N–H and O–H groups in total. The van der Waals surface area contributed by atoms with Gasteiger partial charge in [-0.25, -0.2) is 0 Å². The number of hydrogen-bond donors (Lipinski definition) is 1. The molecule has 13 heavy (non-hydrogen) atoms. The maximum Gasteiger partial charge on any atom is -0.147 e. The molecule has 0 aromatic rings. The summed E-state index contributed by atoms with van der Waals surface area (Å²) in [6.45, 7) is 7.37. The van der Waals surface area contributed by atoms with Crippen LogP contribution in [0, 0.1) is 0 Å². The monoisotopic (exact) mass is 315 g/mol. The van der Waals surface area contributed by atoms with Crippen LogP contribution < -0.4 is 5.73 Å². The van der Waals surface area contributed by atoms with E-state index >= 15 is 0 Å². The topological polar surface area (TPSA) is 35.2 Å². The second-order valence-electron chi connectivity index (χ2n) is 3.36. The first-order valence-electron chi connectivity index (χ1n) is 4.79. The van der Waals surface area contributed by atoms with Crippen molar-refractivity contribution < 1.29 is 3.07 Å². The largest absolute Gasteiger partial charge is 0.147 e. The molecule has 0 heterocycles. The average Bonchev–Trinajstić information content (AvgIpc) is 2.00. The SMILES string of the molecule is CC[O][Sn][CH](C)CCCC(C)N.Cl. The second kappa shape index (κ2) is 11.1. The molecule has 0 saturated carbocycles. The van der Waals surface area contributed by atoms with Crippen molar-refractivity contribution in [1.29, 1.82) is 0 Å². The van der Waals surface area contributed by atoms with Crippen molar-refractivity contribution in [2.45, 2.75) is 50.0 Å². The Balaban J connectivity index is 0. The molecule has 0 bridgehead atoms. The van der Waals surface area contributed by atoms with Crippen LogP contribution in [0.1, 0.15) is 40.0 Å². The van der Waals surface area contributed by atoms with Crippen molar-refractivity contribution in [3.8, 4) is 0 Å². The van der Waals surface area contributed by atoms with Gasteiger partial charge >= 0.3 is 87.0 Å². The molecule has 0 aromatic carbocycles. The van der Waals surface area contributed by atoms with E-state index in [4.69, 9.17) is 8.81 Å². The van der Waals surface area contributed by atoms with Crippen molar-refractivity contribution >= 4 is 34.0 Å². The average molecular weight is 314 g/mol. The van der Waals surface area contributed by atoms with E-state index in [0.717, 1.165) is 17.0 Å². The Morgan fingerprint density at radius 2 is 1.92 bits per heavy atom. The van der Waals surface area contributed by atoms with Gasteiger partial charge in [-0.1, -0.05) is 0 Å². The van der Waals surface area contributed by atoms with E-state index in [-0.39, 0.29) is 12.4 Å². The summed E-state index contributed by atoms with van der Waals surface area (Å²) in [6, 6.07) is 0.370. The van der Waals surface area contributed by atoms with Crippen molar-refractivity contribution in [1.82, 2.24) is 0 Å². The van der Waals surface area contributed by atoms with E-state index in [1.807, 2.05) is 0 Å². The smallest absolute Gasteiger partial charge is 0.147 e. The molecule has 2 atom stereocenters. The molecule has 4 heteroatoms. The molecule has 0 aliphatic rings. The van der Waals surface area contributed by atoms with Crippen LogP contribution in [0.25, 0.3) is 0 Å². The summed E-state index contributed by atoms with van der Waals surface area (Å²) in [4.78, 5) is 0. The van der Waals surface area contributed by atoms with Gasteiger partial charge in [-0.3, -0.25) is 0 Å². The van der Waals surface area contributed by atoms with E-state index < -0.39 is 21.6 Å². The minimum Gasteiger partial charge on any atom is -0.147 e. The normalized spacial score (nSPS) is 14.8. The summed E-state index contributed by atoms with van der Waals surface area (Å²) in [7, 11) is 0. The first-order chi connectivity index (χ1) is 5.66. The van der Waals surface area contributed by atoms with Gasteiger partial charge in [0.15, 0.2) is 0 Å². The standard InChI is InChI=1S/C7H16N.C2H5O.ClH.Sn/c1-3-4-5-6-7(2)8;1-2-3;;/h3,7H,4-6,8H2,1-2H3;2H2,1H3;1H;/q;-1;;+1. The van der Waals surface area contributed by atoms with Gasteiger partial charge in [0.2, 0.25) is 0 Å². The zero-order valence-electron chi connectivity index (χ0n) is 8.88. The van der Waals surface area contributed by atoms with Gasteiger partial charge in [0.1, 0.15) is 0 Å². The van der Waals surface area contributed by atoms with Crippen molar-refractivity contribution in [3.63, 3.8) is 0 Å². The Kier molecular flexibility index (Phi) is 14.0. The fourth-order valence-electron chi connectivity index (χ4n) is 1.03. The quantitative estimate of drug-likeness (QED) is 0.732. The van der Waals surface area contributed by atoms with Crippen LogP contribution in [0.4, 0.5) is 0 Å². The zero-order chi connectivity index (χ0) is 9.40. The van der Waals surface area contributed by atoms with Gasteiger partial charge in [0.25, 0.3) is 0 Å². The first kappa shape index (κ1) is 16.4. The molecule has 80 valence electrons. The Bertz CT molecular complexity index is 104. The number of hydrogen-bond acceptors (Lipinski definition) is 2. The third kappa shape index (κ3) is 13.0. The summed E-state index contributed by atoms with van der Waals surface area (Å²) in [5, 5.41) is 0. The molecule has 2 nitrogen and oxygen atoms in total. The minimum atomic E-state index is -0.507. The molecule has 0 rings (SSSR count). The maximum absolute atomic E-state index is 5.66. The van der Waals surface area contributed by atoms with Crippen molar-refractivity contribution in [2.24, 2.45) is 5.73 Å². The van der Waals surface area contributed by atoms with Gasteiger partial charge in [0, 0.05) is 0 Å². The number of rotatable bonds is 7. The van der Waals surface area contributed by atoms with Crippen molar-refractivity contribution in [3.05, 3.63) is 0 Å². The fourth-order valence-corrected chi connectivity index (χ4v) is 3.24. The van der Waals surface area contributed by atoms with Gasteiger partial charge in [-0.05, 0) is 0 Å². The van der Waals surface area contributed by atoms with Gasteiger partial charge < -0.3 is 0 Å². The maximum atomic E-state index is 5.66. The van der Waals surface area contributed by atoms with Gasteiger partial charge in [0.05, 0.1) is 0 Å². The summed E-state index contributed by atoms with van der Waals surface area (Å²) in [6.07, 6.45) is 3.75. The molecule has 0 aromatic heterocycles.